The van der Waals surface area contributed by atoms with Crippen molar-refractivity contribution in [2.45, 2.75) is 32.6 Å². The molecule has 0 unspecified atom stereocenters. The molecule has 3 rings (SSSR count). The average Bonchev–Trinajstić information content (AvgIpc) is 3.04. The second kappa shape index (κ2) is 10.3. The van der Waals surface area contributed by atoms with E-state index in [2.05, 4.69) is 43.0 Å². The molecule has 1 aliphatic rings. The van der Waals surface area contributed by atoms with Gasteiger partial charge in [-0.05, 0) is 46.9 Å². The number of benzene rings is 2. The number of carbonyl (C=O) groups excluding carboxylic acids is 3. The van der Waals surface area contributed by atoms with Gasteiger partial charge in [-0.1, -0.05) is 69.0 Å². The smallest absolute Gasteiger partial charge is 0.337 e. The number of carbonyl (C=O) groups is 3. The van der Waals surface area contributed by atoms with Crippen LogP contribution >= 0.6 is 24.0 Å². The summed E-state index contributed by atoms with van der Waals surface area (Å²) in [5.74, 6) is -0.891. The molecule has 33 heavy (non-hydrogen) atoms. The van der Waals surface area contributed by atoms with Crippen LogP contribution in [-0.4, -0.2) is 40.7 Å². The number of ether oxygens (including phenoxy) is 1. The van der Waals surface area contributed by atoms with E-state index in [1.807, 2.05) is 18.2 Å². The lowest BCUT2D eigenvalue weighted by molar-refractivity contribution is -0.122. The zero-order valence-corrected chi connectivity index (χ0v) is 20.6. The number of nitrogens with one attached hydrogen (secondary N) is 1. The maximum atomic E-state index is 12.8. The minimum atomic E-state index is -0.444. The lowest BCUT2D eigenvalue weighted by Crippen LogP contribution is -2.31. The minimum absolute atomic E-state index is 0.0614. The minimum Gasteiger partial charge on any atom is -0.465 e. The Bertz CT molecular complexity index is 1100. The van der Waals surface area contributed by atoms with Crippen LogP contribution in [0.25, 0.3) is 6.08 Å². The van der Waals surface area contributed by atoms with Gasteiger partial charge in [-0.3, -0.25) is 14.5 Å². The van der Waals surface area contributed by atoms with E-state index in [1.165, 1.54) is 29.3 Å². The third-order valence-electron chi connectivity index (χ3n) is 5.10. The highest BCUT2D eigenvalue weighted by Gasteiger charge is 2.32. The van der Waals surface area contributed by atoms with E-state index >= 15 is 0 Å². The van der Waals surface area contributed by atoms with Gasteiger partial charge in [0.25, 0.3) is 5.91 Å². The Morgan fingerprint density at radius 3 is 2.30 bits per heavy atom. The van der Waals surface area contributed by atoms with Crippen LogP contribution in [0.4, 0.5) is 5.69 Å². The number of nitrogens with zero attached hydrogens (tertiary/aromatic N) is 1. The third-order valence-corrected chi connectivity index (χ3v) is 6.48. The van der Waals surface area contributed by atoms with Crippen molar-refractivity contribution in [3.05, 3.63) is 70.1 Å². The summed E-state index contributed by atoms with van der Waals surface area (Å²) >= 11 is 6.61. The Hall–Kier alpha value is -2.97. The van der Waals surface area contributed by atoms with Crippen LogP contribution in [-0.2, 0) is 19.7 Å². The lowest BCUT2D eigenvalue weighted by Gasteiger charge is -2.18. The first-order valence-corrected chi connectivity index (χ1v) is 11.6. The molecule has 6 nitrogen and oxygen atoms in total. The van der Waals surface area contributed by atoms with E-state index in [1.54, 1.807) is 24.3 Å². The fourth-order valence-corrected chi connectivity index (χ4v) is 4.48. The molecular formula is C25H26N2O4S2. The number of esters is 1. The standard InChI is InChI=1S/C25H26N2O4S2/c1-25(2,3)18-9-5-16(6-10-18)15-20-22(29)27(24(32)33-20)14-13-21(28)26-19-11-7-17(8-12-19)23(30)31-4/h5-12,15H,13-14H2,1-4H3,(H,26,28)/b20-15-. The van der Waals surface area contributed by atoms with Crippen molar-refractivity contribution < 1.29 is 19.1 Å². The van der Waals surface area contributed by atoms with Crippen LogP contribution in [0.1, 0.15) is 48.7 Å². The van der Waals surface area contributed by atoms with Gasteiger partial charge in [0.2, 0.25) is 5.91 Å². The second-order valence-corrected chi connectivity index (χ2v) is 10.2. The maximum Gasteiger partial charge on any atom is 0.337 e. The van der Waals surface area contributed by atoms with Gasteiger partial charge in [0.1, 0.15) is 4.32 Å². The van der Waals surface area contributed by atoms with Gasteiger partial charge in [0, 0.05) is 18.7 Å². The lowest BCUT2D eigenvalue weighted by atomic mass is 9.87. The molecular weight excluding hydrogens is 456 g/mol. The van der Waals surface area contributed by atoms with Gasteiger partial charge >= 0.3 is 5.97 Å². The molecule has 1 aliphatic heterocycles. The molecule has 1 N–H and O–H groups in total. The number of thiocarbonyl (C=S) groups is 1. The molecule has 8 heteroatoms. The van der Waals surface area contributed by atoms with Crippen LogP contribution in [0, 0.1) is 0 Å². The molecule has 1 heterocycles. The third kappa shape index (κ3) is 6.30. The van der Waals surface area contributed by atoms with Crippen molar-refractivity contribution in [2.75, 3.05) is 19.0 Å². The molecule has 2 amide bonds. The monoisotopic (exact) mass is 482 g/mol. The highest BCUT2D eigenvalue weighted by atomic mass is 32.2. The Balaban J connectivity index is 1.58. The zero-order chi connectivity index (χ0) is 24.2. The number of methoxy groups -OCH3 is 1. The van der Waals surface area contributed by atoms with E-state index in [4.69, 9.17) is 12.2 Å². The Kier molecular flexibility index (Phi) is 7.71. The molecule has 0 bridgehead atoms. The first-order chi connectivity index (χ1) is 15.6. The van der Waals surface area contributed by atoms with Gasteiger partial charge < -0.3 is 10.1 Å². The summed E-state index contributed by atoms with van der Waals surface area (Å²) in [7, 11) is 1.31. The predicted octanol–water partition coefficient (Wildman–Crippen LogP) is 5.00. The van der Waals surface area contributed by atoms with E-state index < -0.39 is 5.97 Å². The number of rotatable bonds is 6. The molecule has 0 spiro atoms. The van der Waals surface area contributed by atoms with E-state index in [0.717, 1.165) is 5.56 Å². The fourth-order valence-electron chi connectivity index (χ4n) is 3.17. The van der Waals surface area contributed by atoms with Crippen LogP contribution in [0.15, 0.2) is 53.4 Å². The summed E-state index contributed by atoms with van der Waals surface area (Å²) in [6.07, 6.45) is 1.92. The second-order valence-electron chi connectivity index (χ2n) is 8.57. The Morgan fingerprint density at radius 1 is 1.09 bits per heavy atom. The van der Waals surface area contributed by atoms with Crippen LogP contribution in [0.2, 0.25) is 0 Å². The Morgan fingerprint density at radius 2 is 1.73 bits per heavy atom. The SMILES string of the molecule is COC(=O)c1ccc(NC(=O)CCN2C(=O)/C(=C/c3ccc(C(C)(C)C)cc3)SC2=S)cc1. The van der Waals surface area contributed by atoms with Crippen LogP contribution in [0.5, 0.6) is 0 Å². The molecule has 0 atom stereocenters. The number of hydrogen-bond donors (Lipinski definition) is 1. The molecule has 0 aliphatic carbocycles. The predicted molar refractivity (Wildman–Crippen MR) is 136 cm³/mol. The van der Waals surface area contributed by atoms with Gasteiger partial charge in [0.15, 0.2) is 0 Å². The average molecular weight is 483 g/mol. The fraction of sp³-hybridized carbons (Fsp3) is 0.280. The molecule has 172 valence electrons. The van der Waals surface area contributed by atoms with E-state index in [0.29, 0.717) is 20.5 Å². The Labute approximate surface area is 203 Å². The summed E-state index contributed by atoms with van der Waals surface area (Å²) < 4.78 is 5.09. The zero-order valence-electron chi connectivity index (χ0n) is 19.0. The summed E-state index contributed by atoms with van der Waals surface area (Å²) in [6.45, 7) is 6.65. The molecule has 2 aromatic carbocycles. The van der Waals surface area contributed by atoms with Crippen molar-refractivity contribution in [2.24, 2.45) is 0 Å². The molecule has 2 aromatic rings. The highest BCUT2D eigenvalue weighted by Crippen LogP contribution is 2.33. The molecule has 0 aromatic heterocycles. The maximum absolute atomic E-state index is 12.8. The van der Waals surface area contributed by atoms with Crippen LogP contribution < -0.4 is 5.32 Å². The van der Waals surface area contributed by atoms with Crippen LogP contribution in [0.3, 0.4) is 0 Å². The number of hydrogen-bond acceptors (Lipinski definition) is 6. The molecule has 0 saturated carbocycles. The van der Waals surface area contributed by atoms with Crippen molar-refractivity contribution in [3.63, 3.8) is 0 Å². The number of thioether (sulfide) groups is 1. The topological polar surface area (TPSA) is 75.7 Å². The molecule has 1 fully saturated rings. The summed E-state index contributed by atoms with van der Waals surface area (Å²) in [5, 5.41) is 2.75. The quantitative estimate of drug-likeness (QED) is 0.355. The first kappa shape index (κ1) is 24.7. The number of amides is 2. The van der Waals surface area contributed by atoms with Crippen molar-refractivity contribution in [1.82, 2.24) is 4.90 Å². The van der Waals surface area contributed by atoms with E-state index in [9.17, 15) is 14.4 Å². The first-order valence-electron chi connectivity index (χ1n) is 10.4. The normalized spacial score (nSPS) is 15.2. The van der Waals surface area contributed by atoms with Gasteiger partial charge in [-0.2, -0.15) is 0 Å². The summed E-state index contributed by atoms with van der Waals surface area (Å²) in [5.41, 5.74) is 3.16. The number of anilines is 1. The van der Waals surface area contributed by atoms with Crippen molar-refractivity contribution >= 4 is 57.8 Å². The van der Waals surface area contributed by atoms with Crippen molar-refractivity contribution in [3.8, 4) is 0 Å². The largest absolute Gasteiger partial charge is 0.465 e. The van der Waals surface area contributed by atoms with Crippen molar-refractivity contribution in [1.29, 1.82) is 0 Å². The summed E-state index contributed by atoms with van der Waals surface area (Å²) in [6, 6.07) is 14.5. The van der Waals surface area contributed by atoms with Gasteiger partial charge in [-0.15, -0.1) is 0 Å². The van der Waals surface area contributed by atoms with E-state index in [-0.39, 0.29) is 30.2 Å². The highest BCUT2D eigenvalue weighted by molar-refractivity contribution is 8.26. The molecule has 1 saturated heterocycles. The van der Waals surface area contributed by atoms with Gasteiger partial charge in [0.05, 0.1) is 17.6 Å². The summed E-state index contributed by atoms with van der Waals surface area (Å²) in [4.78, 5) is 38.6. The molecule has 0 radical (unpaired) electrons. The van der Waals surface area contributed by atoms with Gasteiger partial charge in [-0.25, -0.2) is 4.79 Å².